The maximum Gasteiger partial charge on any atom is 0.126 e. The van der Waals surface area contributed by atoms with Crippen LogP contribution in [-0.4, -0.2) is 12.2 Å². The normalized spacial score (nSPS) is 12.5. The molecule has 0 saturated heterocycles. The van der Waals surface area contributed by atoms with Gasteiger partial charge in [0.1, 0.15) is 5.82 Å². The van der Waals surface area contributed by atoms with E-state index in [-0.39, 0.29) is 5.82 Å². The lowest BCUT2D eigenvalue weighted by Crippen LogP contribution is -2.18. The number of halogens is 2. The van der Waals surface area contributed by atoms with E-state index in [1.54, 1.807) is 31.3 Å². The molecule has 2 nitrogen and oxygen atoms in total. The van der Waals surface area contributed by atoms with Gasteiger partial charge in [-0.25, -0.2) is 4.39 Å². The number of aliphatic hydroxyl groups excluding tert-OH is 1. The highest BCUT2D eigenvalue weighted by atomic mass is 79.9. The van der Waals surface area contributed by atoms with E-state index in [0.29, 0.717) is 11.1 Å². The molecule has 108 valence electrons. The lowest BCUT2D eigenvalue weighted by molar-refractivity contribution is 0.199. The lowest BCUT2D eigenvalue weighted by atomic mass is 10.0. The van der Waals surface area contributed by atoms with Crippen molar-refractivity contribution in [2.75, 3.05) is 11.9 Å². The fraction of sp³-hybridized carbons (Fsp3) is 0.333. The molecule has 0 saturated carbocycles. The molecule has 5 heteroatoms. The molecule has 1 atom stereocenters. The summed E-state index contributed by atoms with van der Waals surface area (Å²) in [5.74, 6) is -0.281. The van der Waals surface area contributed by atoms with Crippen LogP contribution >= 0.6 is 27.3 Å². The summed E-state index contributed by atoms with van der Waals surface area (Å²) in [6.45, 7) is 4.12. The number of thiophene rings is 1. The predicted octanol–water partition coefficient (Wildman–Crippen LogP) is 4.65. The van der Waals surface area contributed by atoms with Gasteiger partial charge in [-0.15, -0.1) is 11.3 Å². The molecule has 0 bridgehead atoms. The van der Waals surface area contributed by atoms with Gasteiger partial charge in [-0.2, -0.15) is 0 Å². The van der Waals surface area contributed by atoms with Crippen molar-refractivity contribution in [1.82, 2.24) is 0 Å². The average molecular weight is 358 g/mol. The zero-order valence-corrected chi connectivity index (χ0v) is 14.1. The Kier molecular flexibility index (Phi) is 4.83. The summed E-state index contributed by atoms with van der Waals surface area (Å²) < 4.78 is 14.7. The number of hydrogen-bond acceptors (Lipinski definition) is 3. The summed E-state index contributed by atoms with van der Waals surface area (Å²) in [5, 5.41) is 11.9. The van der Waals surface area contributed by atoms with Crippen LogP contribution in [0.5, 0.6) is 0 Å². The Morgan fingerprint density at radius 3 is 2.65 bits per heavy atom. The summed E-state index contributed by atoms with van der Waals surface area (Å²) in [4.78, 5) is 3.24. The van der Waals surface area contributed by atoms with Gasteiger partial charge in [-0.3, -0.25) is 0 Å². The van der Waals surface area contributed by atoms with Crippen LogP contribution in [0.4, 0.5) is 10.1 Å². The van der Waals surface area contributed by atoms with Crippen LogP contribution < -0.4 is 4.90 Å². The Labute approximate surface area is 131 Å². The van der Waals surface area contributed by atoms with Crippen LogP contribution in [0.1, 0.15) is 29.0 Å². The highest BCUT2D eigenvalue weighted by Gasteiger charge is 2.15. The maximum atomic E-state index is 13.7. The van der Waals surface area contributed by atoms with Crippen molar-refractivity contribution in [2.45, 2.75) is 26.5 Å². The summed E-state index contributed by atoms with van der Waals surface area (Å²) in [5.41, 5.74) is 2.07. The van der Waals surface area contributed by atoms with Gasteiger partial charge in [0.05, 0.1) is 12.6 Å². The summed E-state index contributed by atoms with van der Waals surface area (Å²) >= 11 is 5.11. The Morgan fingerprint density at radius 1 is 1.40 bits per heavy atom. The smallest absolute Gasteiger partial charge is 0.126 e. The third kappa shape index (κ3) is 3.40. The van der Waals surface area contributed by atoms with Gasteiger partial charge >= 0.3 is 0 Å². The number of benzene rings is 1. The lowest BCUT2D eigenvalue weighted by Gasteiger charge is -2.24. The van der Waals surface area contributed by atoms with E-state index in [2.05, 4.69) is 22.0 Å². The highest BCUT2D eigenvalue weighted by Crippen LogP contribution is 2.30. The Morgan fingerprint density at radius 2 is 2.10 bits per heavy atom. The second-order valence-corrected chi connectivity index (χ2v) is 6.83. The van der Waals surface area contributed by atoms with Gasteiger partial charge in [0.2, 0.25) is 0 Å². The molecule has 20 heavy (non-hydrogen) atoms. The van der Waals surface area contributed by atoms with E-state index < -0.39 is 6.10 Å². The van der Waals surface area contributed by atoms with Crippen molar-refractivity contribution in [1.29, 1.82) is 0 Å². The van der Waals surface area contributed by atoms with Crippen LogP contribution in [0.2, 0.25) is 0 Å². The topological polar surface area (TPSA) is 23.5 Å². The third-order valence-corrected chi connectivity index (χ3v) is 4.87. The van der Waals surface area contributed by atoms with Crippen molar-refractivity contribution in [2.24, 2.45) is 0 Å². The number of aliphatic hydroxyl groups is 1. The van der Waals surface area contributed by atoms with Crippen molar-refractivity contribution in [3.63, 3.8) is 0 Å². The SMILES string of the molecule is Cc1cc(N(C)Cc2cc(Br)cs2)c([C@H](C)O)cc1F. The highest BCUT2D eigenvalue weighted by molar-refractivity contribution is 9.10. The van der Waals surface area contributed by atoms with Gasteiger partial charge < -0.3 is 10.0 Å². The van der Waals surface area contributed by atoms with Crippen LogP contribution in [0.3, 0.4) is 0 Å². The maximum absolute atomic E-state index is 13.7. The minimum absolute atomic E-state index is 0.281. The monoisotopic (exact) mass is 357 g/mol. The molecule has 1 heterocycles. The summed E-state index contributed by atoms with van der Waals surface area (Å²) in [6.07, 6.45) is -0.697. The molecule has 0 aliphatic rings. The molecule has 1 aromatic carbocycles. The van der Waals surface area contributed by atoms with E-state index in [1.165, 1.54) is 10.9 Å². The molecule has 1 N–H and O–H groups in total. The summed E-state index contributed by atoms with van der Waals surface area (Å²) in [7, 11) is 1.95. The van der Waals surface area contributed by atoms with Gasteiger partial charge in [0.15, 0.2) is 0 Å². The largest absolute Gasteiger partial charge is 0.389 e. The van der Waals surface area contributed by atoms with Crippen LogP contribution in [-0.2, 0) is 6.54 Å². The van der Waals surface area contributed by atoms with Gasteiger partial charge in [0, 0.05) is 33.0 Å². The van der Waals surface area contributed by atoms with Crippen LogP contribution in [0.15, 0.2) is 28.1 Å². The molecule has 0 aliphatic carbocycles. The van der Waals surface area contributed by atoms with Crippen molar-refractivity contribution in [3.8, 4) is 0 Å². The van der Waals surface area contributed by atoms with Crippen molar-refractivity contribution in [3.05, 3.63) is 49.9 Å². The molecular formula is C15H17BrFNOS. The number of hydrogen-bond donors (Lipinski definition) is 1. The molecule has 0 aliphatic heterocycles. The Bertz CT molecular complexity index is 612. The summed E-state index contributed by atoms with van der Waals surface area (Å²) in [6, 6.07) is 5.29. The minimum atomic E-state index is -0.697. The molecule has 2 rings (SSSR count). The number of nitrogens with zero attached hydrogens (tertiary/aromatic N) is 1. The quantitative estimate of drug-likeness (QED) is 0.860. The first-order chi connectivity index (χ1) is 9.38. The Hall–Kier alpha value is -0.910. The number of rotatable bonds is 4. The molecule has 1 aromatic heterocycles. The van der Waals surface area contributed by atoms with E-state index >= 15 is 0 Å². The number of aryl methyl sites for hydroxylation is 1. The fourth-order valence-electron chi connectivity index (χ4n) is 2.10. The molecule has 0 amide bonds. The van der Waals surface area contributed by atoms with E-state index in [4.69, 9.17) is 0 Å². The molecule has 2 aromatic rings. The number of anilines is 1. The third-order valence-electron chi connectivity index (χ3n) is 3.18. The predicted molar refractivity (Wildman–Crippen MR) is 85.9 cm³/mol. The second kappa shape index (κ2) is 6.24. The van der Waals surface area contributed by atoms with Gasteiger partial charge in [-0.1, -0.05) is 0 Å². The van der Waals surface area contributed by atoms with E-state index in [1.807, 2.05) is 17.3 Å². The first-order valence-corrected chi connectivity index (χ1v) is 7.98. The molecule has 0 fully saturated rings. The fourth-order valence-corrected chi connectivity index (χ4v) is 3.61. The molecule has 0 unspecified atom stereocenters. The van der Waals surface area contributed by atoms with Crippen LogP contribution in [0, 0.1) is 12.7 Å². The first-order valence-electron chi connectivity index (χ1n) is 6.30. The van der Waals surface area contributed by atoms with Gasteiger partial charge in [-0.05, 0) is 53.5 Å². The van der Waals surface area contributed by atoms with Gasteiger partial charge in [0.25, 0.3) is 0 Å². The zero-order valence-electron chi connectivity index (χ0n) is 11.7. The second-order valence-electron chi connectivity index (χ2n) is 4.92. The minimum Gasteiger partial charge on any atom is -0.389 e. The van der Waals surface area contributed by atoms with Crippen molar-refractivity contribution < 1.29 is 9.50 Å². The first kappa shape index (κ1) is 15.5. The Balaban J connectivity index is 2.33. The zero-order chi connectivity index (χ0) is 14.9. The molecule has 0 spiro atoms. The van der Waals surface area contributed by atoms with E-state index in [9.17, 15) is 9.50 Å². The standard InChI is InChI=1S/C15H17BrFNOS/c1-9-4-15(13(10(2)19)6-14(9)17)18(3)7-12-5-11(16)8-20-12/h4-6,8,10,19H,7H2,1-3H3/t10-/m0/s1. The van der Waals surface area contributed by atoms with E-state index in [0.717, 1.165) is 16.7 Å². The molecule has 0 radical (unpaired) electrons. The molecular weight excluding hydrogens is 341 g/mol. The average Bonchev–Trinajstić information content (AvgIpc) is 2.77. The van der Waals surface area contributed by atoms with Crippen molar-refractivity contribution >= 4 is 33.0 Å². The van der Waals surface area contributed by atoms with Crippen LogP contribution in [0.25, 0.3) is 0 Å².